The Hall–Kier alpha value is -1.89. The molecule has 0 bridgehead atoms. The van der Waals surface area contributed by atoms with Crippen LogP contribution in [0.1, 0.15) is 12.8 Å². The first-order chi connectivity index (χ1) is 8.72. The molecule has 18 heavy (non-hydrogen) atoms. The van der Waals surface area contributed by atoms with Gasteiger partial charge in [0.2, 0.25) is 5.89 Å². The quantitative estimate of drug-likeness (QED) is 0.870. The van der Waals surface area contributed by atoms with E-state index in [-0.39, 0.29) is 10.6 Å². The minimum absolute atomic E-state index is 0.136. The largest absolute Gasteiger partial charge is 0.382 e. The van der Waals surface area contributed by atoms with Crippen molar-refractivity contribution in [3.8, 4) is 0 Å². The maximum atomic E-state index is 11.7. The molecule has 8 heteroatoms. The van der Waals surface area contributed by atoms with Crippen LogP contribution in [0.25, 0.3) is 0 Å². The molecule has 0 saturated heterocycles. The first-order valence-electron chi connectivity index (χ1n) is 5.47. The van der Waals surface area contributed by atoms with E-state index < -0.39 is 0 Å². The van der Waals surface area contributed by atoms with Gasteiger partial charge in [-0.3, -0.25) is 4.79 Å². The van der Waals surface area contributed by atoms with Crippen LogP contribution in [-0.4, -0.2) is 26.5 Å². The molecule has 0 saturated carbocycles. The summed E-state index contributed by atoms with van der Waals surface area (Å²) in [5.74, 6) is 0.522. The summed E-state index contributed by atoms with van der Waals surface area (Å²) >= 11 is 5.95. The summed E-state index contributed by atoms with van der Waals surface area (Å²) in [6.07, 6.45) is 3.42. The predicted molar refractivity (Wildman–Crippen MR) is 65.7 cm³/mol. The van der Waals surface area contributed by atoms with Gasteiger partial charge in [0, 0.05) is 19.5 Å². The van der Waals surface area contributed by atoms with Gasteiger partial charge in [-0.05, 0) is 6.92 Å². The van der Waals surface area contributed by atoms with Crippen LogP contribution >= 0.6 is 11.6 Å². The van der Waals surface area contributed by atoms with Gasteiger partial charge in [0.1, 0.15) is 5.02 Å². The van der Waals surface area contributed by atoms with Crippen molar-refractivity contribution in [3.05, 3.63) is 33.8 Å². The molecule has 7 nitrogen and oxygen atoms in total. The van der Waals surface area contributed by atoms with E-state index >= 15 is 0 Å². The molecule has 0 aliphatic heterocycles. The van der Waals surface area contributed by atoms with Crippen LogP contribution in [0.3, 0.4) is 0 Å². The zero-order chi connectivity index (χ0) is 13.0. The third-order valence-electron chi connectivity index (χ3n) is 2.35. The summed E-state index contributed by atoms with van der Waals surface area (Å²) in [6.45, 7) is 2.84. The van der Waals surface area contributed by atoms with E-state index in [2.05, 4.69) is 20.6 Å². The van der Waals surface area contributed by atoms with E-state index in [1.807, 2.05) is 6.92 Å². The maximum Gasteiger partial charge on any atom is 0.287 e. The van der Waals surface area contributed by atoms with Gasteiger partial charge in [-0.15, -0.1) is 0 Å². The fourth-order valence-corrected chi connectivity index (χ4v) is 1.64. The minimum Gasteiger partial charge on any atom is -0.382 e. The number of anilines is 1. The van der Waals surface area contributed by atoms with Crippen LogP contribution in [0.4, 0.5) is 5.69 Å². The van der Waals surface area contributed by atoms with Crippen molar-refractivity contribution < 1.29 is 4.52 Å². The van der Waals surface area contributed by atoms with Crippen molar-refractivity contribution in [3.63, 3.8) is 0 Å². The summed E-state index contributed by atoms with van der Waals surface area (Å²) in [5.41, 5.74) is 0.202. The summed E-state index contributed by atoms with van der Waals surface area (Å²) in [5, 5.41) is 10.6. The van der Waals surface area contributed by atoms with E-state index in [0.717, 1.165) is 0 Å². The highest BCUT2D eigenvalue weighted by Gasteiger charge is 2.08. The van der Waals surface area contributed by atoms with Crippen LogP contribution in [0.2, 0.25) is 5.02 Å². The third kappa shape index (κ3) is 2.67. The van der Waals surface area contributed by atoms with E-state index in [0.29, 0.717) is 31.1 Å². The van der Waals surface area contributed by atoms with Crippen LogP contribution < -0.4 is 10.9 Å². The first-order valence-corrected chi connectivity index (χ1v) is 5.85. The first kappa shape index (κ1) is 12.6. The third-order valence-corrected chi connectivity index (χ3v) is 2.71. The van der Waals surface area contributed by atoms with Crippen molar-refractivity contribution in [2.75, 3.05) is 11.9 Å². The Morgan fingerprint density at radius 1 is 1.56 bits per heavy atom. The molecular weight excluding hydrogens is 258 g/mol. The Morgan fingerprint density at radius 2 is 2.39 bits per heavy atom. The lowest BCUT2D eigenvalue weighted by Gasteiger charge is -2.08. The lowest BCUT2D eigenvalue weighted by atomic mass is 10.4. The van der Waals surface area contributed by atoms with Crippen molar-refractivity contribution in [2.24, 2.45) is 0 Å². The molecule has 0 fully saturated rings. The van der Waals surface area contributed by atoms with Gasteiger partial charge in [0.15, 0.2) is 6.33 Å². The van der Waals surface area contributed by atoms with Crippen molar-refractivity contribution in [1.82, 2.24) is 19.9 Å². The molecule has 0 aromatic carbocycles. The van der Waals surface area contributed by atoms with Gasteiger partial charge in [0.25, 0.3) is 5.56 Å². The second-order valence-corrected chi connectivity index (χ2v) is 3.88. The molecule has 0 atom stereocenters. The van der Waals surface area contributed by atoms with Crippen LogP contribution in [0.15, 0.2) is 21.8 Å². The lowest BCUT2D eigenvalue weighted by molar-refractivity contribution is 0.380. The molecule has 0 spiro atoms. The molecule has 2 aromatic rings. The van der Waals surface area contributed by atoms with Gasteiger partial charge in [-0.1, -0.05) is 16.8 Å². The number of halogens is 1. The van der Waals surface area contributed by atoms with Crippen LogP contribution in [-0.2, 0) is 13.0 Å². The number of nitrogens with one attached hydrogen (secondary N) is 1. The fraction of sp³-hybridized carbons (Fsp3) is 0.400. The van der Waals surface area contributed by atoms with E-state index in [4.69, 9.17) is 16.1 Å². The van der Waals surface area contributed by atoms with E-state index in [9.17, 15) is 4.79 Å². The zero-order valence-electron chi connectivity index (χ0n) is 9.76. The molecule has 0 radical (unpaired) electrons. The smallest absolute Gasteiger partial charge is 0.287 e. The maximum absolute atomic E-state index is 11.7. The van der Waals surface area contributed by atoms with Gasteiger partial charge in [-0.2, -0.15) is 10.1 Å². The number of aryl methyl sites for hydroxylation is 1. The second kappa shape index (κ2) is 5.63. The number of hydrogen-bond donors (Lipinski definition) is 1. The Bertz CT molecular complexity index is 566. The summed E-state index contributed by atoms with van der Waals surface area (Å²) in [4.78, 5) is 15.6. The Labute approximate surface area is 108 Å². The molecular formula is C10H12ClN5O2. The monoisotopic (exact) mass is 269 g/mol. The molecule has 2 heterocycles. The van der Waals surface area contributed by atoms with Crippen LogP contribution in [0.5, 0.6) is 0 Å². The van der Waals surface area contributed by atoms with E-state index in [1.165, 1.54) is 17.2 Å². The molecule has 1 N–H and O–H groups in total. The van der Waals surface area contributed by atoms with Gasteiger partial charge < -0.3 is 9.84 Å². The fourth-order valence-electron chi connectivity index (χ4n) is 1.42. The van der Waals surface area contributed by atoms with Crippen LogP contribution in [0, 0.1) is 0 Å². The second-order valence-electron chi connectivity index (χ2n) is 3.50. The normalized spacial score (nSPS) is 10.6. The molecule has 0 unspecified atom stereocenters. The summed E-state index contributed by atoms with van der Waals surface area (Å²) < 4.78 is 6.14. The predicted octanol–water partition coefficient (Wildman–Crippen LogP) is 0.954. The molecule has 0 aliphatic rings. The minimum atomic E-state index is -0.304. The standard InChI is InChI=1S/C10H12ClN5O2/c1-2-16-10(17)9(11)7(5-14-16)12-4-3-8-13-6-15-18-8/h5-6,12H,2-4H2,1H3. The number of rotatable bonds is 5. The average Bonchev–Trinajstić information content (AvgIpc) is 2.88. The van der Waals surface area contributed by atoms with Gasteiger partial charge >= 0.3 is 0 Å². The highest BCUT2D eigenvalue weighted by molar-refractivity contribution is 6.32. The summed E-state index contributed by atoms with van der Waals surface area (Å²) in [6, 6.07) is 0. The average molecular weight is 270 g/mol. The molecule has 2 rings (SSSR count). The number of nitrogens with zero attached hydrogens (tertiary/aromatic N) is 4. The number of aromatic nitrogens is 4. The summed E-state index contributed by atoms with van der Waals surface area (Å²) in [7, 11) is 0. The van der Waals surface area contributed by atoms with Crippen molar-refractivity contribution in [2.45, 2.75) is 19.9 Å². The van der Waals surface area contributed by atoms with Gasteiger partial charge in [-0.25, -0.2) is 4.68 Å². The highest BCUT2D eigenvalue weighted by atomic mass is 35.5. The number of hydrogen-bond acceptors (Lipinski definition) is 6. The Kier molecular flexibility index (Phi) is 3.93. The van der Waals surface area contributed by atoms with Crippen molar-refractivity contribution >= 4 is 17.3 Å². The molecule has 2 aromatic heterocycles. The highest BCUT2D eigenvalue weighted by Crippen LogP contribution is 2.14. The Morgan fingerprint density at radius 3 is 3.06 bits per heavy atom. The zero-order valence-corrected chi connectivity index (χ0v) is 10.5. The molecule has 0 amide bonds. The van der Waals surface area contributed by atoms with Gasteiger partial charge in [0.05, 0.1) is 11.9 Å². The SMILES string of the molecule is CCn1ncc(NCCc2ncno2)c(Cl)c1=O. The molecule has 96 valence electrons. The lowest BCUT2D eigenvalue weighted by Crippen LogP contribution is -2.23. The topological polar surface area (TPSA) is 85.8 Å². The molecule has 0 aliphatic carbocycles. The van der Waals surface area contributed by atoms with E-state index in [1.54, 1.807) is 0 Å². The van der Waals surface area contributed by atoms with Crippen molar-refractivity contribution in [1.29, 1.82) is 0 Å². The Balaban J connectivity index is 2.02.